The lowest BCUT2D eigenvalue weighted by molar-refractivity contribution is -0.272. The zero-order valence-electron chi connectivity index (χ0n) is 18.6. The van der Waals surface area contributed by atoms with Crippen LogP contribution in [0.15, 0.2) is 30.5 Å². The van der Waals surface area contributed by atoms with Crippen molar-refractivity contribution in [3.63, 3.8) is 0 Å². The number of aromatic nitrogens is 1. The van der Waals surface area contributed by atoms with Crippen LogP contribution in [0.1, 0.15) is 41.4 Å². The summed E-state index contributed by atoms with van der Waals surface area (Å²) < 4.78 is 92.1. The number of nitrogens with zero attached hydrogens (tertiary/aromatic N) is 1. The molecule has 0 aliphatic carbocycles. The average molecular weight is 505 g/mol. The number of halogens is 6. The first kappa shape index (κ1) is 26.3. The third kappa shape index (κ3) is 4.90. The molecular formula is C22H21F6N3O4. The van der Waals surface area contributed by atoms with Crippen molar-refractivity contribution in [2.45, 2.75) is 51.2 Å². The van der Waals surface area contributed by atoms with Crippen molar-refractivity contribution >= 4 is 17.5 Å². The fourth-order valence-electron chi connectivity index (χ4n) is 4.08. The number of hydrogen-bond donors (Lipinski definition) is 2. The van der Waals surface area contributed by atoms with Crippen molar-refractivity contribution in [1.82, 2.24) is 4.98 Å². The standard InChI is InChI=1S/C22H21F6N3O4/c1-9-13(23)5-4-12(16(9)34-20(24)25)15-10(2)21(3,22(26,27)28)35-17(15)19(33)31-11-6-7-30-14(8-11)18(29)32/h4-8,10,15,17,20H,1-3H3,(H2,29,32)(H,30,31,33)/t10-,15+,17-,21-/m1/s1. The van der Waals surface area contributed by atoms with E-state index in [-0.39, 0.29) is 22.5 Å². The van der Waals surface area contributed by atoms with Gasteiger partial charge in [0.25, 0.3) is 11.8 Å². The van der Waals surface area contributed by atoms with Gasteiger partial charge in [-0.25, -0.2) is 4.39 Å². The smallest absolute Gasteiger partial charge is 0.417 e. The van der Waals surface area contributed by atoms with Gasteiger partial charge in [0.15, 0.2) is 5.60 Å². The molecule has 0 spiro atoms. The topological polar surface area (TPSA) is 104 Å². The van der Waals surface area contributed by atoms with Crippen LogP contribution in [0.3, 0.4) is 0 Å². The van der Waals surface area contributed by atoms with E-state index in [1.54, 1.807) is 0 Å². The Morgan fingerprint density at radius 1 is 1.26 bits per heavy atom. The Bertz CT molecular complexity index is 1140. The van der Waals surface area contributed by atoms with Crippen LogP contribution in [0.2, 0.25) is 0 Å². The molecule has 1 aromatic carbocycles. The number of nitrogens with one attached hydrogen (secondary N) is 1. The lowest BCUT2D eigenvalue weighted by Gasteiger charge is -2.32. The van der Waals surface area contributed by atoms with Crippen molar-refractivity contribution in [2.24, 2.45) is 11.7 Å². The number of rotatable bonds is 6. The van der Waals surface area contributed by atoms with Gasteiger partial charge in [-0.15, -0.1) is 0 Å². The number of amides is 2. The number of primary amides is 1. The molecule has 2 amide bonds. The van der Waals surface area contributed by atoms with Gasteiger partial charge in [-0.3, -0.25) is 14.6 Å². The van der Waals surface area contributed by atoms with E-state index in [0.717, 1.165) is 45.2 Å². The molecule has 35 heavy (non-hydrogen) atoms. The first-order chi connectivity index (χ1) is 16.2. The Morgan fingerprint density at radius 3 is 2.49 bits per heavy atom. The van der Waals surface area contributed by atoms with Crippen LogP contribution < -0.4 is 15.8 Å². The maximum absolute atomic E-state index is 14.1. The fourth-order valence-corrected chi connectivity index (χ4v) is 4.08. The maximum Gasteiger partial charge on any atom is 0.417 e. The number of carbonyl (C=O) groups excluding carboxylic acids is 2. The molecule has 0 bridgehead atoms. The zero-order valence-corrected chi connectivity index (χ0v) is 18.6. The van der Waals surface area contributed by atoms with Crippen molar-refractivity contribution in [3.8, 4) is 5.75 Å². The highest BCUT2D eigenvalue weighted by molar-refractivity contribution is 5.97. The van der Waals surface area contributed by atoms with Crippen LogP contribution in [0.5, 0.6) is 5.75 Å². The number of pyridine rings is 1. The normalized spacial score (nSPS) is 24.5. The summed E-state index contributed by atoms with van der Waals surface area (Å²) in [6, 6.07) is 4.23. The van der Waals surface area contributed by atoms with Crippen molar-refractivity contribution in [3.05, 3.63) is 53.1 Å². The number of alkyl halides is 5. The Balaban J connectivity index is 2.10. The zero-order chi connectivity index (χ0) is 26.3. The highest BCUT2D eigenvalue weighted by Gasteiger charge is 2.65. The lowest BCUT2D eigenvalue weighted by atomic mass is 9.76. The van der Waals surface area contributed by atoms with Crippen molar-refractivity contribution in [2.75, 3.05) is 5.32 Å². The third-order valence-corrected chi connectivity index (χ3v) is 6.14. The number of nitrogens with two attached hydrogens (primary N) is 1. The molecule has 3 rings (SSSR count). The van der Waals surface area contributed by atoms with E-state index in [0.29, 0.717) is 0 Å². The summed E-state index contributed by atoms with van der Waals surface area (Å²) >= 11 is 0. The molecule has 0 saturated carbocycles. The number of benzene rings is 1. The fraction of sp³-hybridized carbons (Fsp3) is 0.409. The molecular weight excluding hydrogens is 484 g/mol. The van der Waals surface area contributed by atoms with Crippen LogP contribution >= 0.6 is 0 Å². The second-order valence-corrected chi connectivity index (χ2v) is 8.21. The molecule has 190 valence electrons. The predicted molar refractivity (Wildman–Crippen MR) is 110 cm³/mol. The van der Waals surface area contributed by atoms with E-state index in [4.69, 9.17) is 10.5 Å². The van der Waals surface area contributed by atoms with Crippen molar-refractivity contribution in [1.29, 1.82) is 0 Å². The number of ether oxygens (including phenoxy) is 2. The minimum Gasteiger partial charge on any atom is -0.434 e. The van der Waals surface area contributed by atoms with Gasteiger partial charge in [0.1, 0.15) is 23.4 Å². The summed E-state index contributed by atoms with van der Waals surface area (Å²) in [5.74, 6) is -6.53. The van der Waals surface area contributed by atoms with E-state index in [1.165, 1.54) is 6.07 Å². The molecule has 2 heterocycles. The Kier molecular flexibility index (Phi) is 7.02. The van der Waals surface area contributed by atoms with Gasteiger partial charge in [-0.05, 0) is 32.0 Å². The summed E-state index contributed by atoms with van der Waals surface area (Å²) in [5, 5.41) is 2.33. The molecule has 1 aliphatic heterocycles. The van der Waals surface area contributed by atoms with Gasteiger partial charge in [0, 0.05) is 34.8 Å². The van der Waals surface area contributed by atoms with Crippen molar-refractivity contribution < 1.29 is 45.4 Å². The highest BCUT2D eigenvalue weighted by Crippen LogP contribution is 2.55. The van der Waals surface area contributed by atoms with Crippen LogP contribution in [-0.4, -0.2) is 41.3 Å². The SMILES string of the molecule is Cc1c(F)ccc([C@@H]2[C@@H](C)[C@](C)(C(F)(F)F)O[C@H]2C(=O)Nc2ccnc(C(N)=O)c2)c1OC(F)F. The molecule has 3 N–H and O–H groups in total. The van der Waals surface area contributed by atoms with E-state index in [9.17, 15) is 35.9 Å². The average Bonchev–Trinajstić information content (AvgIpc) is 3.04. The Morgan fingerprint density at radius 2 is 1.91 bits per heavy atom. The second-order valence-electron chi connectivity index (χ2n) is 8.21. The van der Waals surface area contributed by atoms with Gasteiger partial charge in [0.2, 0.25) is 0 Å². The summed E-state index contributed by atoms with van der Waals surface area (Å²) in [4.78, 5) is 28.2. The Hall–Kier alpha value is -3.35. The lowest BCUT2D eigenvalue weighted by Crippen LogP contribution is -2.47. The maximum atomic E-state index is 14.1. The van der Waals surface area contributed by atoms with Crippen LogP contribution in [0.25, 0.3) is 0 Å². The summed E-state index contributed by atoms with van der Waals surface area (Å²) in [5.41, 5.74) is 1.43. The van der Waals surface area contributed by atoms with E-state index >= 15 is 0 Å². The molecule has 2 aromatic rings. The molecule has 0 radical (unpaired) electrons. The molecule has 7 nitrogen and oxygen atoms in total. The van der Waals surface area contributed by atoms with Gasteiger partial charge >= 0.3 is 12.8 Å². The molecule has 1 fully saturated rings. The van der Waals surface area contributed by atoms with Gasteiger partial charge < -0.3 is 20.5 Å². The summed E-state index contributed by atoms with van der Waals surface area (Å²) in [7, 11) is 0. The number of hydrogen-bond acceptors (Lipinski definition) is 5. The monoisotopic (exact) mass is 505 g/mol. The second kappa shape index (κ2) is 9.36. The van der Waals surface area contributed by atoms with Crippen LogP contribution in [-0.2, 0) is 9.53 Å². The van der Waals surface area contributed by atoms with Crippen LogP contribution in [0.4, 0.5) is 32.0 Å². The van der Waals surface area contributed by atoms with E-state index in [1.807, 2.05) is 0 Å². The highest BCUT2D eigenvalue weighted by atomic mass is 19.4. The quantitative estimate of drug-likeness (QED) is 0.570. The van der Waals surface area contributed by atoms with Gasteiger partial charge in [0.05, 0.1) is 0 Å². The van der Waals surface area contributed by atoms with Crippen LogP contribution in [0, 0.1) is 18.7 Å². The number of anilines is 1. The van der Waals surface area contributed by atoms with E-state index in [2.05, 4.69) is 15.0 Å². The van der Waals surface area contributed by atoms with Gasteiger partial charge in [-0.2, -0.15) is 22.0 Å². The molecule has 1 aromatic heterocycles. The van der Waals surface area contributed by atoms with E-state index < -0.39 is 59.7 Å². The molecule has 0 unspecified atom stereocenters. The first-order valence-electron chi connectivity index (χ1n) is 10.2. The third-order valence-electron chi connectivity index (χ3n) is 6.14. The summed E-state index contributed by atoms with van der Waals surface area (Å²) in [6.45, 7) is -0.401. The molecule has 1 aliphatic rings. The largest absolute Gasteiger partial charge is 0.434 e. The molecule has 4 atom stereocenters. The minimum absolute atomic E-state index is 0.0197. The molecule has 1 saturated heterocycles. The summed E-state index contributed by atoms with van der Waals surface area (Å²) in [6.07, 6.45) is -5.66. The molecule has 13 heteroatoms. The first-order valence-corrected chi connectivity index (χ1v) is 10.2. The van der Waals surface area contributed by atoms with Gasteiger partial charge in [-0.1, -0.05) is 13.0 Å². The predicted octanol–water partition coefficient (Wildman–Crippen LogP) is 4.31. The Labute approximate surface area is 195 Å². The number of carbonyl (C=O) groups is 2. The minimum atomic E-state index is -4.95.